The first kappa shape index (κ1) is 25.0. The molecule has 2 heterocycles. The smallest absolute Gasteiger partial charge is 0.219 e. The molecule has 1 amide bonds. The van der Waals surface area contributed by atoms with Crippen molar-refractivity contribution in [3.8, 4) is 11.3 Å². The molecule has 3 aromatic rings. The van der Waals surface area contributed by atoms with Gasteiger partial charge in [0.05, 0.1) is 0 Å². The number of benzene rings is 2. The molecule has 1 aliphatic heterocycles. The molecule has 1 aromatic heterocycles. The summed E-state index contributed by atoms with van der Waals surface area (Å²) >= 11 is 0. The van der Waals surface area contributed by atoms with Gasteiger partial charge in [-0.05, 0) is 48.9 Å². The SMILES string of the molecule is CCCc1ccc(CC(Nc2ccc(-c3nccnc3N3CCN(C(C)=O)CC3)cc2)=C2CCC2)cc1. The van der Waals surface area contributed by atoms with Gasteiger partial charge in [-0.15, -0.1) is 0 Å². The van der Waals surface area contributed by atoms with Gasteiger partial charge in [0, 0.05) is 68.9 Å². The van der Waals surface area contributed by atoms with E-state index < -0.39 is 0 Å². The van der Waals surface area contributed by atoms with Gasteiger partial charge in [0.2, 0.25) is 5.91 Å². The Morgan fingerprint density at radius 3 is 2.19 bits per heavy atom. The molecule has 2 fully saturated rings. The molecule has 0 radical (unpaired) electrons. The van der Waals surface area contributed by atoms with Crippen LogP contribution in [0.1, 0.15) is 50.7 Å². The monoisotopic (exact) mass is 495 g/mol. The van der Waals surface area contributed by atoms with Crippen LogP contribution in [0.4, 0.5) is 11.5 Å². The summed E-state index contributed by atoms with van der Waals surface area (Å²) in [5.74, 6) is 1.02. The van der Waals surface area contributed by atoms with Crippen LogP contribution in [-0.2, 0) is 17.6 Å². The van der Waals surface area contributed by atoms with Gasteiger partial charge in [0.15, 0.2) is 5.82 Å². The molecule has 2 aromatic carbocycles. The average Bonchev–Trinajstić information content (AvgIpc) is 2.89. The second-order valence-corrected chi connectivity index (χ2v) is 10.1. The number of anilines is 2. The van der Waals surface area contributed by atoms with Crippen LogP contribution in [0, 0.1) is 0 Å². The molecule has 192 valence electrons. The maximum atomic E-state index is 11.7. The van der Waals surface area contributed by atoms with E-state index in [1.54, 1.807) is 24.9 Å². The predicted octanol–water partition coefficient (Wildman–Crippen LogP) is 5.86. The molecular weight excluding hydrogens is 458 g/mol. The van der Waals surface area contributed by atoms with Gasteiger partial charge >= 0.3 is 0 Å². The minimum absolute atomic E-state index is 0.131. The molecule has 1 N–H and O–H groups in total. The second-order valence-electron chi connectivity index (χ2n) is 10.1. The molecule has 1 saturated heterocycles. The number of amides is 1. The van der Waals surface area contributed by atoms with E-state index in [2.05, 4.69) is 75.6 Å². The van der Waals surface area contributed by atoms with E-state index in [0.29, 0.717) is 13.1 Å². The summed E-state index contributed by atoms with van der Waals surface area (Å²) in [5.41, 5.74) is 8.68. The number of hydrogen-bond acceptors (Lipinski definition) is 5. The Bertz CT molecular complexity index is 1240. The number of aryl methyl sites for hydroxylation is 1. The summed E-state index contributed by atoms with van der Waals surface area (Å²) in [6.45, 7) is 6.82. The second kappa shape index (κ2) is 11.6. The molecule has 0 unspecified atom stereocenters. The van der Waals surface area contributed by atoms with Crippen molar-refractivity contribution >= 4 is 17.4 Å². The number of nitrogens with zero attached hydrogens (tertiary/aromatic N) is 4. The van der Waals surface area contributed by atoms with E-state index in [4.69, 9.17) is 0 Å². The fourth-order valence-corrected chi connectivity index (χ4v) is 5.11. The van der Waals surface area contributed by atoms with E-state index in [0.717, 1.165) is 48.7 Å². The summed E-state index contributed by atoms with van der Waals surface area (Å²) in [7, 11) is 0. The highest BCUT2D eigenvalue weighted by Crippen LogP contribution is 2.32. The molecule has 0 atom stereocenters. The van der Waals surface area contributed by atoms with Crippen molar-refractivity contribution in [2.45, 2.75) is 52.4 Å². The van der Waals surface area contributed by atoms with Crippen LogP contribution in [0.3, 0.4) is 0 Å². The fourth-order valence-electron chi connectivity index (χ4n) is 5.11. The van der Waals surface area contributed by atoms with E-state index in [1.165, 1.54) is 42.5 Å². The summed E-state index contributed by atoms with van der Waals surface area (Å²) in [4.78, 5) is 25.2. The van der Waals surface area contributed by atoms with Crippen molar-refractivity contribution in [3.05, 3.63) is 83.3 Å². The molecule has 6 heteroatoms. The Hall–Kier alpha value is -3.67. The molecular formula is C31H37N5O. The summed E-state index contributed by atoms with van der Waals surface area (Å²) < 4.78 is 0. The van der Waals surface area contributed by atoms with Gasteiger partial charge in [-0.3, -0.25) is 9.78 Å². The van der Waals surface area contributed by atoms with Crippen molar-refractivity contribution in [1.82, 2.24) is 14.9 Å². The molecule has 2 aliphatic rings. The number of allylic oxidation sites excluding steroid dienone is 2. The fraction of sp³-hybridized carbons (Fsp3) is 0.387. The molecule has 0 bridgehead atoms. The molecule has 5 rings (SSSR count). The van der Waals surface area contributed by atoms with Gasteiger partial charge < -0.3 is 15.1 Å². The van der Waals surface area contributed by atoms with Gasteiger partial charge in [-0.25, -0.2) is 4.98 Å². The highest BCUT2D eigenvalue weighted by molar-refractivity contribution is 5.75. The van der Waals surface area contributed by atoms with Gasteiger partial charge in [0.1, 0.15) is 5.69 Å². The Kier molecular flexibility index (Phi) is 7.83. The lowest BCUT2D eigenvalue weighted by atomic mass is 9.88. The van der Waals surface area contributed by atoms with Crippen LogP contribution < -0.4 is 10.2 Å². The van der Waals surface area contributed by atoms with E-state index in [1.807, 2.05) is 4.90 Å². The van der Waals surface area contributed by atoms with Crippen LogP contribution in [0.15, 0.2) is 72.2 Å². The van der Waals surface area contributed by atoms with Gasteiger partial charge in [-0.1, -0.05) is 55.3 Å². The van der Waals surface area contributed by atoms with Gasteiger partial charge in [0.25, 0.3) is 0 Å². The van der Waals surface area contributed by atoms with Crippen LogP contribution >= 0.6 is 0 Å². The minimum atomic E-state index is 0.131. The lowest BCUT2D eigenvalue weighted by molar-refractivity contribution is -0.129. The lowest BCUT2D eigenvalue weighted by Gasteiger charge is -2.35. The number of aromatic nitrogens is 2. The Morgan fingerprint density at radius 1 is 0.892 bits per heavy atom. The zero-order valence-corrected chi connectivity index (χ0v) is 22.0. The van der Waals surface area contributed by atoms with E-state index in [-0.39, 0.29) is 5.91 Å². The highest BCUT2D eigenvalue weighted by Gasteiger charge is 2.22. The normalized spacial score (nSPS) is 15.4. The number of hydrogen-bond donors (Lipinski definition) is 1. The Morgan fingerprint density at radius 2 is 1.57 bits per heavy atom. The maximum absolute atomic E-state index is 11.7. The zero-order valence-electron chi connectivity index (χ0n) is 22.0. The topological polar surface area (TPSA) is 61.4 Å². The zero-order chi connectivity index (χ0) is 25.6. The lowest BCUT2D eigenvalue weighted by Crippen LogP contribution is -2.48. The highest BCUT2D eigenvalue weighted by atomic mass is 16.2. The number of rotatable bonds is 8. The van der Waals surface area contributed by atoms with Gasteiger partial charge in [-0.2, -0.15) is 0 Å². The number of carbonyl (C=O) groups is 1. The number of nitrogens with one attached hydrogen (secondary N) is 1. The van der Waals surface area contributed by atoms with Crippen molar-refractivity contribution in [2.75, 3.05) is 36.4 Å². The third-order valence-corrected chi connectivity index (χ3v) is 7.48. The van der Waals surface area contributed by atoms with Crippen molar-refractivity contribution in [1.29, 1.82) is 0 Å². The largest absolute Gasteiger partial charge is 0.359 e. The van der Waals surface area contributed by atoms with Crippen molar-refractivity contribution in [3.63, 3.8) is 0 Å². The third-order valence-electron chi connectivity index (χ3n) is 7.48. The number of carbonyl (C=O) groups excluding carboxylic acids is 1. The Balaban J connectivity index is 1.30. The quantitative estimate of drug-likeness (QED) is 0.424. The van der Waals surface area contributed by atoms with Crippen LogP contribution in [0.25, 0.3) is 11.3 Å². The predicted molar refractivity (Wildman–Crippen MR) is 151 cm³/mol. The third kappa shape index (κ3) is 6.01. The summed E-state index contributed by atoms with van der Waals surface area (Å²) in [5, 5.41) is 3.74. The first-order valence-electron chi connectivity index (χ1n) is 13.6. The Labute approximate surface area is 220 Å². The minimum Gasteiger partial charge on any atom is -0.359 e. The maximum Gasteiger partial charge on any atom is 0.219 e. The molecule has 37 heavy (non-hydrogen) atoms. The number of piperazine rings is 1. The molecule has 1 aliphatic carbocycles. The standard InChI is InChI=1S/C31H37N5O/c1-3-5-24-8-10-25(11-9-24)22-29(26-6-4-7-26)34-28-14-12-27(13-15-28)30-31(33-17-16-32-30)36-20-18-35(19-21-36)23(2)37/h8-17,34H,3-7,18-22H2,1-2H3. The first-order chi connectivity index (χ1) is 18.1. The van der Waals surface area contributed by atoms with Crippen LogP contribution in [-0.4, -0.2) is 47.0 Å². The molecule has 1 saturated carbocycles. The first-order valence-corrected chi connectivity index (χ1v) is 13.6. The average molecular weight is 496 g/mol. The summed E-state index contributed by atoms with van der Waals surface area (Å²) in [6.07, 6.45) is 10.4. The molecule has 0 spiro atoms. The van der Waals surface area contributed by atoms with E-state index >= 15 is 0 Å². The van der Waals surface area contributed by atoms with Crippen molar-refractivity contribution < 1.29 is 4.79 Å². The van der Waals surface area contributed by atoms with E-state index in [9.17, 15) is 4.79 Å². The van der Waals surface area contributed by atoms with Crippen LogP contribution in [0.2, 0.25) is 0 Å². The van der Waals surface area contributed by atoms with Crippen LogP contribution in [0.5, 0.6) is 0 Å². The molecule has 6 nitrogen and oxygen atoms in total. The van der Waals surface area contributed by atoms with Crippen molar-refractivity contribution in [2.24, 2.45) is 0 Å². The summed E-state index contributed by atoms with van der Waals surface area (Å²) in [6, 6.07) is 17.6.